The molecule has 2 aromatic rings. The molecular formula is C24H29Cl2NO2. The first-order valence-corrected chi connectivity index (χ1v) is 10.7. The van der Waals surface area contributed by atoms with E-state index in [1.807, 2.05) is 24.0 Å². The molecular weight excluding hydrogens is 405 g/mol. The molecule has 0 heterocycles. The van der Waals surface area contributed by atoms with Crippen molar-refractivity contribution >= 4 is 34.9 Å². The fraction of sp³-hybridized carbons (Fsp3) is 0.417. The van der Waals surface area contributed by atoms with Crippen LogP contribution in [0.3, 0.4) is 0 Å². The van der Waals surface area contributed by atoms with E-state index in [1.54, 1.807) is 30.3 Å². The lowest BCUT2D eigenvalue weighted by Crippen LogP contribution is -2.39. The molecule has 0 aliphatic heterocycles. The molecule has 0 radical (unpaired) electrons. The van der Waals surface area contributed by atoms with Gasteiger partial charge in [0.25, 0.3) is 0 Å². The van der Waals surface area contributed by atoms with E-state index in [0.29, 0.717) is 33.0 Å². The van der Waals surface area contributed by atoms with Gasteiger partial charge in [0.05, 0.1) is 10.9 Å². The van der Waals surface area contributed by atoms with E-state index < -0.39 is 0 Å². The Hall–Kier alpha value is -1.84. The average molecular weight is 434 g/mol. The standard InChI is InChI=1S/C24H29Cl2NO2/c1-15(2)13-27(14-16(3)4)24(29)17(5)18-7-6-8-19(11-18)23(28)21-10-9-20(25)12-22(21)26/h6-12,15-17H,13-14H2,1-5H3. The fourth-order valence-corrected chi connectivity index (χ4v) is 3.83. The normalized spacial score (nSPS) is 12.3. The number of carbonyl (C=O) groups is 2. The summed E-state index contributed by atoms with van der Waals surface area (Å²) in [5, 5.41) is 0.798. The zero-order valence-electron chi connectivity index (χ0n) is 17.7. The third-order valence-corrected chi connectivity index (χ3v) is 5.23. The molecule has 0 aliphatic rings. The van der Waals surface area contributed by atoms with Crippen molar-refractivity contribution in [3.05, 3.63) is 69.2 Å². The molecule has 0 saturated carbocycles. The molecule has 0 N–H and O–H groups in total. The summed E-state index contributed by atoms with van der Waals surface area (Å²) >= 11 is 12.1. The van der Waals surface area contributed by atoms with Crippen LogP contribution in [0.1, 0.15) is 62.0 Å². The number of hydrogen-bond acceptors (Lipinski definition) is 2. The van der Waals surface area contributed by atoms with E-state index in [2.05, 4.69) is 27.7 Å². The van der Waals surface area contributed by atoms with Crippen molar-refractivity contribution in [1.82, 2.24) is 4.90 Å². The number of rotatable bonds is 8. The van der Waals surface area contributed by atoms with Gasteiger partial charge in [-0.2, -0.15) is 0 Å². The van der Waals surface area contributed by atoms with Crippen LogP contribution < -0.4 is 0 Å². The molecule has 1 atom stereocenters. The quantitative estimate of drug-likeness (QED) is 0.447. The molecule has 0 fully saturated rings. The minimum absolute atomic E-state index is 0.0847. The monoisotopic (exact) mass is 433 g/mol. The van der Waals surface area contributed by atoms with Gasteiger partial charge in [0.15, 0.2) is 5.78 Å². The Balaban J connectivity index is 2.28. The average Bonchev–Trinajstić information content (AvgIpc) is 2.65. The van der Waals surface area contributed by atoms with Crippen molar-refractivity contribution in [2.45, 2.75) is 40.5 Å². The highest BCUT2D eigenvalue weighted by atomic mass is 35.5. The number of amides is 1. The summed E-state index contributed by atoms with van der Waals surface area (Å²) in [5.41, 5.74) is 1.72. The zero-order chi connectivity index (χ0) is 21.7. The van der Waals surface area contributed by atoms with Gasteiger partial charge in [-0.15, -0.1) is 0 Å². The number of nitrogens with zero attached hydrogens (tertiary/aromatic N) is 1. The predicted molar refractivity (Wildman–Crippen MR) is 121 cm³/mol. The number of benzene rings is 2. The highest BCUT2D eigenvalue weighted by Gasteiger charge is 2.24. The largest absolute Gasteiger partial charge is 0.342 e. The van der Waals surface area contributed by atoms with Crippen molar-refractivity contribution < 1.29 is 9.59 Å². The number of carbonyl (C=O) groups excluding carboxylic acids is 2. The molecule has 29 heavy (non-hydrogen) atoms. The minimum atomic E-state index is -0.332. The number of ketones is 1. The van der Waals surface area contributed by atoms with Crippen molar-refractivity contribution in [3.63, 3.8) is 0 Å². The van der Waals surface area contributed by atoms with Crippen LogP contribution in [0.15, 0.2) is 42.5 Å². The molecule has 156 valence electrons. The molecule has 1 unspecified atom stereocenters. The highest BCUT2D eigenvalue weighted by molar-refractivity contribution is 6.37. The summed E-state index contributed by atoms with van der Waals surface area (Å²) < 4.78 is 0. The lowest BCUT2D eigenvalue weighted by molar-refractivity contribution is -0.133. The minimum Gasteiger partial charge on any atom is -0.342 e. The van der Waals surface area contributed by atoms with Gasteiger partial charge < -0.3 is 4.90 Å². The lowest BCUT2D eigenvalue weighted by atomic mass is 9.94. The summed E-state index contributed by atoms with van der Waals surface area (Å²) in [5.74, 6) is 0.353. The van der Waals surface area contributed by atoms with Crippen LogP contribution in [0.25, 0.3) is 0 Å². The highest BCUT2D eigenvalue weighted by Crippen LogP contribution is 2.26. The second-order valence-electron chi connectivity index (χ2n) is 8.33. The molecule has 0 bridgehead atoms. The molecule has 0 saturated heterocycles. The maximum absolute atomic E-state index is 13.2. The zero-order valence-corrected chi connectivity index (χ0v) is 19.2. The second kappa shape index (κ2) is 10.3. The second-order valence-corrected chi connectivity index (χ2v) is 9.17. The van der Waals surface area contributed by atoms with Crippen LogP contribution in [0.5, 0.6) is 0 Å². The SMILES string of the molecule is CC(C)CN(CC(C)C)C(=O)C(C)c1cccc(C(=O)c2ccc(Cl)cc2Cl)c1. The molecule has 2 rings (SSSR count). The van der Waals surface area contributed by atoms with Gasteiger partial charge >= 0.3 is 0 Å². The van der Waals surface area contributed by atoms with Crippen LogP contribution in [-0.4, -0.2) is 29.7 Å². The number of halogens is 2. The van der Waals surface area contributed by atoms with Gasteiger partial charge in [0.1, 0.15) is 0 Å². The summed E-state index contributed by atoms with van der Waals surface area (Å²) in [7, 11) is 0. The molecule has 2 aromatic carbocycles. The summed E-state index contributed by atoms with van der Waals surface area (Å²) in [6.07, 6.45) is 0. The van der Waals surface area contributed by atoms with Gasteiger partial charge in [-0.3, -0.25) is 9.59 Å². The van der Waals surface area contributed by atoms with Crippen LogP contribution in [0.2, 0.25) is 10.0 Å². The molecule has 5 heteroatoms. The van der Waals surface area contributed by atoms with Crippen molar-refractivity contribution in [1.29, 1.82) is 0 Å². The Labute approximate surface area is 184 Å². The predicted octanol–water partition coefficient (Wildman–Crippen LogP) is 6.47. The molecule has 0 aliphatic carbocycles. The van der Waals surface area contributed by atoms with Crippen LogP contribution >= 0.6 is 23.2 Å². The van der Waals surface area contributed by atoms with Crippen LogP contribution in [0, 0.1) is 11.8 Å². The Bertz CT molecular complexity index is 867. The summed E-state index contributed by atoms with van der Waals surface area (Å²) in [4.78, 5) is 28.0. The fourth-order valence-electron chi connectivity index (χ4n) is 3.33. The third kappa shape index (κ3) is 6.32. The van der Waals surface area contributed by atoms with Crippen LogP contribution in [0.4, 0.5) is 0 Å². The van der Waals surface area contributed by atoms with E-state index in [4.69, 9.17) is 23.2 Å². The molecule has 1 amide bonds. The number of hydrogen-bond donors (Lipinski definition) is 0. The Kier molecular flexibility index (Phi) is 8.30. The first kappa shape index (κ1) is 23.4. The smallest absolute Gasteiger partial charge is 0.229 e. The van der Waals surface area contributed by atoms with E-state index >= 15 is 0 Å². The van der Waals surface area contributed by atoms with Gasteiger partial charge in [-0.1, -0.05) is 69.1 Å². The Morgan fingerprint density at radius 2 is 1.52 bits per heavy atom. The van der Waals surface area contributed by atoms with E-state index in [1.165, 1.54) is 0 Å². The first-order chi connectivity index (χ1) is 13.6. The molecule has 0 aromatic heterocycles. The van der Waals surface area contributed by atoms with E-state index in [9.17, 15) is 9.59 Å². The maximum Gasteiger partial charge on any atom is 0.229 e. The van der Waals surface area contributed by atoms with Gasteiger partial charge in [-0.05, 0) is 48.6 Å². The summed E-state index contributed by atoms with van der Waals surface area (Å²) in [6.45, 7) is 11.8. The summed E-state index contributed by atoms with van der Waals surface area (Å²) in [6, 6.07) is 12.1. The van der Waals surface area contributed by atoms with Crippen molar-refractivity contribution in [3.8, 4) is 0 Å². The van der Waals surface area contributed by atoms with E-state index in [0.717, 1.165) is 18.7 Å². The van der Waals surface area contributed by atoms with Crippen molar-refractivity contribution in [2.75, 3.05) is 13.1 Å². The topological polar surface area (TPSA) is 37.4 Å². The van der Waals surface area contributed by atoms with Gasteiger partial charge in [0.2, 0.25) is 5.91 Å². The third-order valence-electron chi connectivity index (χ3n) is 4.68. The van der Waals surface area contributed by atoms with Gasteiger partial charge in [0, 0.05) is 29.2 Å². The molecule has 3 nitrogen and oxygen atoms in total. The van der Waals surface area contributed by atoms with Gasteiger partial charge in [-0.25, -0.2) is 0 Å². The maximum atomic E-state index is 13.2. The van der Waals surface area contributed by atoms with Crippen LogP contribution in [-0.2, 0) is 4.79 Å². The Morgan fingerprint density at radius 3 is 2.07 bits per heavy atom. The Morgan fingerprint density at radius 1 is 0.897 bits per heavy atom. The van der Waals surface area contributed by atoms with E-state index in [-0.39, 0.29) is 17.6 Å². The lowest BCUT2D eigenvalue weighted by Gasteiger charge is -2.29. The van der Waals surface area contributed by atoms with Crippen molar-refractivity contribution in [2.24, 2.45) is 11.8 Å². The first-order valence-electron chi connectivity index (χ1n) is 9.98. The molecule has 0 spiro atoms.